The van der Waals surface area contributed by atoms with E-state index in [0.717, 1.165) is 13.1 Å². The van der Waals surface area contributed by atoms with Gasteiger partial charge >= 0.3 is 5.97 Å². The van der Waals surface area contributed by atoms with Crippen LogP contribution in [0.2, 0.25) is 0 Å². The minimum Gasteiger partial charge on any atom is -0.466 e. The summed E-state index contributed by atoms with van der Waals surface area (Å²) in [6.45, 7) is 4.00. The second kappa shape index (κ2) is 7.01. The monoisotopic (exact) mass is 208 g/mol. The van der Waals surface area contributed by atoms with Gasteiger partial charge in [0.25, 0.3) is 0 Å². The molecule has 0 saturated heterocycles. The normalized spacial score (nSPS) is 9.93. The van der Waals surface area contributed by atoms with Gasteiger partial charge in [-0.05, 0) is 6.92 Å². The highest BCUT2D eigenvalue weighted by Gasteiger charge is 2.02. The minimum absolute atomic E-state index is 0.109. The molecule has 82 valence electrons. The van der Waals surface area contributed by atoms with Crippen molar-refractivity contribution in [3.8, 4) is 0 Å². The largest absolute Gasteiger partial charge is 0.466 e. The maximum atomic E-state index is 11.0. The number of hydrogen-bond donors (Lipinski definition) is 1. The fraction of sp³-hybridized carbons (Fsp3) is 0.417. The Bertz CT molecular complexity index is 285. The van der Waals surface area contributed by atoms with Crippen LogP contribution in [0.4, 0.5) is 0 Å². The third-order valence-electron chi connectivity index (χ3n) is 2.08. The number of carbonyl (C=O) groups is 1. The zero-order valence-electron chi connectivity index (χ0n) is 9.11. The van der Waals surface area contributed by atoms with Gasteiger partial charge in [-0.25, -0.2) is 0 Å². The van der Waals surface area contributed by atoms with Gasteiger partial charge in [0.05, 0.1) is 19.6 Å². The topological polar surface area (TPSA) is 42.9 Å². The summed E-state index contributed by atoms with van der Waals surface area (Å²) in [4.78, 5) is 11.0. The number of benzene rings is 1. The number of nitrogens with two attached hydrogens (primary N) is 1. The zero-order valence-corrected chi connectivity index (χ0v) is 9.11. The van der Waals surface area contributed by atoms with E-state index in [1.807, 2.05) is 25.1 Å². The summed E-state index contributed by atoms with van der Waals surface area (Å²) in [5.74, 6) is -0.109. The van der Waals surface area contributed by atoms with Crippen molar-refractivity contribution < 1.29 is 14.8 Å². The summed E-state index contributed by atoms with van der Waals surface area (Å²) in [5.41, 5.74) is 1.28. The first-order valence-corrected chi connectivity index (χ1v) is 5.34. The fourth-order valence-corrected chi connectivity index (χ4v) is 1.34. The second-order valence-electron chi connectivity index (χ2n) is 3.32. The maximum absolute atomic E-state index is 11.0. The first-order valence-electron chi connectivity index (χ1n) is 5.34. The molecule has 0 atom stereocenters. The van der Waals surface area contributed by atoms with Crippen LogP contribution in [0.25, 0.3) is 0 Å². The van der Waals surface area contributed by atoms with Crippen LogP contribution in [0.1, 0.15) is 18.9 Å². The lowest BCUT2D eigenvalue weighted by molar-refractivity contribution is -0.669. The highest BCUT2D eigenvalue weighted by Crippen LogP contribution is 1.94. The maximum Gasteiger partial charge on any atom is 0.311 e. The fourth-order valence-electron chi connectivity index (χ4n) is 1.34. The van der Waals surface area contributed by atoms with Crippen molar-refractivity contribution in [1.29, 1.82) is 0 Å². The van der Waals surface area contributed by atoms with Crippen LogP contribution in [0.5, 0.6) is 0 Å². The zero-order chi connectivity index (χ0) is 10.9. The third kappa shape index (κ3) is 5.18. The summed E-state index contributed by atoms with van der Waals surface area (Å²) in [7, 11) is 0. The van der Waals surface area contributed by atoms with Crippen molar-refractivity contribution >= 4 is 5.97 Å². The SMILES string of the molecule is CCOC(=O)CC[NH2+]Cc1ccccc1. The molecule has 15 heavy (non-hydrogen) atoms. The molecule has 0 aromatic heterocycles. The van der Waals surface area contributed by atoms with Crippen LogP contribution in [-0.4, -0.2) is 19.1 Å². The van der Waals surface area contributed by atoms with Crippen LogP contribution >= 0.6 is 0 Å². The molecule has 0 aliphatic rings. The molecule has 0 amide bonds. The van der Waals surface area contributed by atoms with Crippen LogP contribution in [-0.2, 0) is 16.1 Å². The standard InChI is InChI=1S/C12H17NO2/c1-2-15-12(14)8-9-13-10-11-6-4-3-5-7-11/h3-7,13H,2,8-10H2,1H3/p+1. The van der Waals surface area contributed by atoms with Crippen LogP contribution in [0.15, 0.2) is 30.3 Å². The first-order chi connectivity index (χ1) is 7.33. The van der Waals surface area contributed by atoms with Crippen molar-refractivity contribution in [3.05, 3.63) is 35.9 Å². The Balaban J connectivity index is 2.10. The second-order valence-corrected chi connectivity index (χ2v) is 3.32. The third-order valence-corrected chi connectivity index (χ3v) is 2.08. The molecular formula is C12H18NO2+. The molecule has 1 aromatic carbocycles. The first kappa shape index (κ1) is 11.7. The summed E-state index contributed by atoms with van der Waals surface area (Å²) >= 11 is 0. The average Bonchev–Trinajstić information content (AvgIpc) is 2.26. The molecule has 3 nitrogen and oxygen atoms in total. The number of quaternary nitrogens is 1. The van der Waals surface area contributed by atoms with Gasteiger partial charge in [-0.2, -0.15) is 0 Å². The molecule has 0 fully saturated rings. The van der Waals surface area contributed by atoms with E-state index in [0.29, 0.717) is 13.0 Å². The van der Waals surface area contributed by atoms with E-state index in [4.69, 9.17) is 4.74 Å². The molecule has 2 N–H and O–H groups in total. The number of rotatable bonds is 6. The molecule has 1 aromatic rings. The van der Waals surface area contributed by atoms with E-state index < -0.39 is 0 Å². The summed E-state index contributed by atoms with van der Waals surface area (Å²) in [6, 6.07) is 10.2. The Morgan fingerprint density at radius 2 is 2.07 bits per heavy atom. The molecule has 0 spiro atoms. The molecule has 0 radical (unpaired) electrons. The van der Waals surface area contributed by atoms with Gasteiger partial charge in [-0.15, -0.1) is 0 Å². The van der Waals surface area contributed by atoms with Gasteiger partial charge < -0.3 is 10.1 Å². The number of hydrogen-bond acceptors (Lipinski definition) is 2. The Morgan fingerprint density at radius 3 is 2.73 bits per heavy atom. The molecule has 0 saturated carbocycles. The van der Waals surface area contributed by atoms with Gasteiger partial charge in [0, 0.05) is 5.56 Å². The van der Waals surface area contributed by atoms with Crippen molar-refractivity contribution in [3.63, 3.8) is 0 Å². The van der Waals surface area contributed by atoms with E-state index in [9.17, 15) is 4.79 Å². The predicted octanol–water partition coefficient (Wildman–Crippen LogP) is 0.703. The smallest absolute Gasteiger partial charge is 0.311 e. The molecule has 0 heterocycles. The average molecular weight is 208 g/mol. The molecule has 0 bridgehead atoms. The lowest BCUT2D eigenvalue weighted by Gasteiger charge is -2.02. The number of ether oxygens (including phenoxy) is 1. The Kier molecular flexibility index (Phi) is 5.48. The van der Waals surface area contributed by atoms with E-state index in [-0.39, 0.29) is 5.97 Å². The van der Waals surface area contributed by atoms with Crippen molar-refractivity contribution in [1.82, 2.24) is 0 Å². The van der Waals surface area contributed by atoms with E-state index in [1.165, 1.54) is 5.56 Å². The van der Waals surface area contributed by atoms with Gasteiger partial charge in [0.15, 0.2) is 0 Å². The Hall–Kier alpha value is -1.35. The predicted molar refractivity (Wildman–Crippen MR) is 58.2 cm³/mol. The number of esters is 1. The summed E-state index contributed by atoms with van der Waals surface area (Å²) < 4.78 is 4.84. The van der Waals surface area contributed by atoms with E-state index in [2.05, 4.69) is 17.4 Å². The minimum atomic E-state index is -0.109. The van der Waals surface area contributed by atoms with Gasteiger partial charge in [-0.1, -0.05) is 30.3 Å². The van der Waals surface area contributed by atoms with Gasteiger partial charge in [0.2, 0.25) is 0 Å². The van der Waals surface area contributed by atoms with Gasteiger partial charge in [0.1, 0.15) is 6.54 Å². The molecule has 0 aliphatic heterocycles. The molecule has 3 heteroatoms. The summed E-state index contributed by atoms with van der Waals surface area (Å²) in [6.07, 6.45) is 0.487. The lowest BCUT2D eigenvalue weighted by atomic mass is 10.2. The molecule has 0 unspecified atom stereocenters. The quantitative estimate of drug-likeness (QED) is 0.552. The molecule has 0 aliphatic carbocycles. The summed E-state index contributed by atoms with van der Waals surface area (Å²) in [5, 5.41) is 2.12. The Morgan fingerprint density at radius 1 is 1.33 bits per heavy atom. The Labute approximate surface area is 90.4 Å². The van der Waals surface area contributed by atoms with Crippen LogP contribution in [0, 0.1) is 0 Å². The van der Waals surface area contributed by atoms with Crippen molar-refractivity contribution in [2.24, 2.45) is 0 Å². The highest BCUT2D eigenvalue weighted by molar-refractivity contribution is 5.69. The number of carbonyl (C=O) groups excluding carboxylic acids is 1. The van der Waals surface area contributed by atoms with Gasteiger partial charge in [-0.3, -0.25) is 4.79 Å². The van der Waals surface area contributed by atoms with Crippen molar-refractivity contribution in [2.45, 2.75) is 19.9 Å². The van der Waals surface area contributed by atoms with Crippen molar-refractivity contribution in [2.75, 3.05) is 13.2 Å². The van der Waals surface area contributed by atoms with Crippen LogP contribution < -0.4 is 5.32 Å². The van der Waals surface area contributed by atoms with E-state index >= 15 is 0 Å². The van der Waals surface area contributed by atoms with E-state index in [1.54, 1.807) is 0 Å². The van der Waals surface area contributed by atoms with Crippen LogP contribution in [0.3, 0.4) is 0 Å². The molecular weight excluding hydrogens is 190 g/mol. The highest BCUT2D eigenvalue weighted by atomic mass is 16.5. The molecule has 1 rings (SSSR count). The lowest BCUT2D eigenvalue weighted by Crippen LogP contribution is -2.82.